The molecule has 1 fully saturated rings. The van der Waals surface area contributed by atoms with Crippen LogP contribution in [-0.2, 0) is 16.4 Å². The van der Waals surface area contributed by atoms with E-state index >= 15 is 0 Å². The van der Waals surface area contributed by atoms with Crippen molar-refractivity contribution in [1.82, 2.24) is 8.87 Å². The van der Waals surface area contributed by atoms with E-state index in [1.54, 1.807) is 18.2 Å². The normalized spacial score (nSPS) is 16.4. The van der Waals surface area contributed by atoms with Crippen molar-refractivity contribution in [3.63, 3.8) is 0 Å². The minimum Gasteiger partial charge on any atom is -0.490 e. The molecule has 29 heavy (non-hydrogen) atoms. The van der Waals surface area contributed by atoms with E-state index < -0.39 is 15.8 Å². The predicted octanol–water partition coefficient (Wildman–Crippen LogP) is 4.05. The molecule has 0 unspecified atom stereocenters. The standard InChI is InChI=1S/C22H25FN2O3S/c1-3-16-4-6-20(15-22(16)28-19-9-11-24(2)12-10-19)29(26,27)25-13-8-17-14-18(23)5-7-21(17)25/h4-8,13-15,19H,3,9-12H2,1-2H3. The van der Waals surface area contributed by atoms with Crippen molar-refractivity contribution in [2.45, 2.75) is 37.2 Å². The first kappa shape index (κ1) is 19.9. The van der Waals surface area contributed by atoms with Gasteiger partial charge in [0.1, 0.15) is 17.7 Å². The van der Waals surface area contributed by atoms with Crippen LogP contribution in [0.15, 0.2) is 53.6 Å². The molecule has 1 aliphatic rings. The van der Waals surface area contributed by atoms with Crippen molar-refractivity contribution < 1.29 is 17.5 Å². The van der Waals surface area contributed by atoms with Gasteiger partial charge < -0.3 is 9.64 Å². The Morgan fingerprint density at radius 1 is 1.10 bits per heavy atom. The number of benzene rings is 2. The first-order valence-corrected chi connectivity index (χ1v) is 11.3. The van der Waals surface area contributed by atoms with Gasteiger partial charge in [-0.2, -0.15) is 0 Å². The van der Waals surface area contributed by atoms with Gasteiger partial charge in [-0.05, 0) is 62.2 Å². The molecule has 1 aromatic heterocycles. The van der Waals surface area contributed by atoms with Crippen LogP contribution < -0.4 is 4.74 Å². The summed E-state index contributed by atoms with van der Waals surface area (Å²) in [5, 5.41) is 0.543. The third kappa shape index (κ3) is 3.89. The van der Waals surface area contributed by atoms with Gasteiger partial charge in [0.25, 0.3) is 10.0 Å². The molecule has 0 spiro atoms. The van der Waals surface area contributed by atoms with Crippen molar-refractivity contribution in [3.05, 3.63) is 60.0 Å². The van der Waals surface area contributed by atoms with Gasteiger partial charge in [-0.25, -0.2) is 16.8 Å². The summed E-state index contributed by atoms with van der Waals surface area (Å²) >= 11 is 0. The molecule has 0 bridgehead atoms. The maximum Gasteiger partial charge on any atom is 0.268 e. The quantitative estimate of drug-likeness (QED) is 0.630. The van der Waals surface area contributed by atoms with Gasteiger partial charge in [-0.1, -0.05) is 13.0 Å². The van der Waals surface area contributed by atoms with Crippen molar-refractivity contribution in [1.29, 1.82) is 0 Å². The molecule has 1 saturated heterocycles. The summed E-state index contributed by atoms with van der Waals surface area (Å²) in [7, 11) is -1.73. The number of fused-ring (bicyclic) bond motifs is 1. The number of nitrogens with zero attached hydrogens (tertiary/aromatic N) is 2. The second-order valence-corrected chi connectivity index (χ2v) is 9.38. The molecule has 5 nitrogen and oxygen atoms in total. The summed E-state index contributed by atoms with van der Waals surface area (Å²) in [6, 6.07) is 10.7. The molecule has 3 aromatic rings. The molecular formula is C22H25FN2O3S. The second-order valence-electron chi connectivity index (χ2n) is 7.56. The average Bonchev–Trinajstić information content (AvgIpc) is 3.13. The molecule has 154 valence electrons. The Morgan fingerprint density at radius 3 is 2.59 bits per heavy atom. The van der Waals surface area contributed by atoms with Gasteiger partial charge >= 0.3 is 0 Å². The zero-order valence-corrected chi connectivity index (χ0v) is 17.5. The summed E-state index contributed by atoms with van der Waals surface area (Å²) in [6.07, 6.45) is 4.15. The molecule has 7 heteroatoms. The molecule has 0 N–H and O–H groups in total. The molecule has 0 aliphatic carbocycles. The highest BCUT2D eigenvalue weighted by Crippen LogP contribution is 2.29. The molecule has 4 rings (SSSR count). The maximum absolute atomic E-state index is 13.5. The third-order valence-corrected chi connectivity index (χ3v) is 7.24. The van der Waals surface area contributed by atoms with Gasteiger partial charge in [0.15, 0.2) is 0 Å². The van der Waals surface area contributed by atoms with Gasteiger partial charge in [0.2, 0.25) is 0 Å². The van der Waals surface area contributed by atoms with Gasteiger partial charge in [0, 0.05) is 30.7 Å². The lowest BCUT2D eigenvalue weighted by molar-refractivity contribution is 0.113. The van der Waals surface area contributed by atoms with E-state index in [9.17, 15) is 12.8 Å². The minimum atomic E-state index is -3.83. The van der Waals surface area contributed by atoms with Crippen LogP contribution in [-0.4, -0.2) is 43.5 Å². The molecule has 0 atom stereocenters. The summed E-state index contributed by atoms with van der Waals surface area (Å²) in [6.45, 7) is 3.96. The van der Waals surface area contributed by atoms with Crippen molar-refractivity contribution in [2.24, 2.45) is 0 Å². The zero-order valence-electron chi connectivity index (χ0n) is 16.6. The number of hydrogen-bond acceptors (Lipinski definition) is 4. The van der Waals surface area contributed by atoms with E-state index in [4.69, 9.17) is 4.74 Å². The lowest BCUT2D eigenvalue weighted by Gasteiger charge is -2.30. The lowest BCUT2D eigenvalue weighted by Crippen LogP contribution is -2.35. The second kappa shape index (κ2) is 7.80. The zero-order chi connectivity index (χ0) is 20.6. The van der Waals surface area contributed by atoms with Crippen molar-refractivity contribution in [2.75, 3.05) is 20.1 Å². The van der Waals surface area contributed by atoms with E-state index in [0.717, 1.165) is 37.9 Å². The van der Waals surface area contributed by atoms with E-state index in [1.807, 2.05) is 13.0 Å². The topological polar surface area (TPSA) is 51.5 Å². The van der Waals surface area contributed by atoms with Crippen LogP contribution in [0.4, 0.5) is 4.39 Å². The highest BCUT2D eigenvalue weighted by molar-refractivity contribution is 7.90. The Hall–Kier alpha value is -2.38. The Morgan fingerprint density at radius 2 is 1.86 bits per heavy atom. The molecule has 1 aliphatic heterocycles. The van der Waals surface area contributed by atoms with Crippen LogP contribution in [0.3, 0.4) is 0 Å². The fourth-order valence-electron chi connectivity index (χ4n) is 3.79. The molecule has 0 amide bonds. The van der Waals surface area contributed by atoms with Crippen LogP contribution in [0.25, 0.3) is 10.9 Å². The number of rotatable bonds is 5. The summed E-state index contributed by atoms with van der Waals surface area (Å²) in [4.78, 5) is 2.43. The number of aryl methyl sites for hydroxylation is 1. The Kier molecular flexibility index (Phi) is 5.36. The fraction of sp³-hybridized carbons (Fsp3) is 0.364. The molecule has 0 radical (unpaired) electrons. The van der Waals surface area contributed by atoms with E-state index in [2.05, 4.69) is 11.9 Å². The number of likely N-dealkylation sites (tertiary alicyclic amines) is 1. The van der Waals surface area contributed by atoms with Crippen LogP contribution in [0, 0.1) is 5.82 Å². The fourth-order valence-corrected chi connectivity index (χ4v) is 5.16. The number of halogens is 1. The summed E-state index contributed by atoms with van der Waals surface area (Å²) in [5.74, 6) is 0.236. The number of hydrogen-bond donors (Lipinski definition) is 0. The van der Waals surface area contributed by atoms with E-state index in [-0.39, 0.29) is 11.0 Å². The Balaban J connectivity index is 1.70. The minimum absolute atomic E-state index is 0.0878. The number of aromatic nitrogens is 1. The van der Waals surface area contributed by atoms with Crippen LogP contribution in [0.2, 0.25) is 0 Å². The molecule has 2 heterocycles. The molecule has 2 aromatic carbocycles. The molecular weight excluding hydrogens is 391 g/mol. The first-order chi connectivity index (χ1) is 13.9. The van der Waals surface area contributed by atoms with Crippen LogP contribution >= 0.6 is 0 Å². The Labute approximate surface area is 170 Å². The summed E-state index contributed by atoms with van der Waals surface area (Å²) < 4.78 is 47.5. The Bertz CT molecular complexity index is 1130. The average molecular weight is 417 g/mol. The highest BCUT2D eigenvalue weighted by atomic mass is 32.2. The first-order valence-electron chi connectivity index (χ1n) is 9.89. The monoisotopic (exact) mass is 416 g/mol. The number of piperidine rings is 1. The summed E-state index contributed by atoms with van der Waals surface area (Å²) in [5.41, 5.74) is 1.44. The highest BCUT2D eigenvalue weighted by Gasteiger charge is 2.23. The van der Waals surface area contributed by atoms with Crippen molar-refractivity contribution >= 4 is 20.9 Å². The largest absolute Gasteiger partial charge is 0.490 e. The third-order valence-electron chi connectivity index (χ3n) is 5.55. The number of ether oxygens (including phenoxy) is 1. The van der Waals surface area contributed by atoms with Gasteiger partial charge in [-0.3, -0.25) is 0 Å². The SMILES string of the molecule is CCc1ccc(S(=O)(=O)n2ccc3cc(F)ccc32)cc1OC1CCN(C)CC1. The van der Waals surface area contributed by atoms with E-state index in [1.165, 1.54) is 28.4 Å². The molecule has 0 saturated carbocycles. The van der Waals surface area contributed by atoms with Crippen LogP contribution in [0.5, 0.6) is 5.75 Å². The van der Waals surface area contributed by atoms with Gasteiger partial charge in [0.05, 0.1) is 10.4 Å². The smallest absolute Gasteiger partial charge is 0.268 e. The lowest BCUT2D eigenvalue weighted by atomic mass is 10.1. The van der Waals surface area contributed by atoms with Crippen molar-refractivity contribution in [3.8, 4) is 5.75 Å². The maximum atomic E-state index is 13.5. The predicted molar refractivity (Wildman–Crippen MR) is 111 cm³/mol. The van der Waals surface area contributed by atoms with Crippen LogP contribution in [0.1, 0.15) is 25.3 Å². The van der Waals surface area contributed by atoms with Gasteiger partial charge in [-0.15, -0.1) is 0 Å². The van der Waals surface area contributed by atoms with E-state index in [0.29, 0.717) is 16.7 Å².